The van der Waals surface area contributed by atoms with Crippen LogP contribution in [0.1, 0.15) is 33.1 Å². The third-order valence-corrected chi connectivity index (χ3v) is 5.88. The first-order valence-electron chi connectivity index (χ1n) is 8.19. The minimum Gasteiger partial charge on any atom is -0.426 e. The first-order chi connectivity index (χ1) is 10.9. The zero-order valence-corrected chi connectivity index (χ0v) is 13.5. The number of fused-ring (bicyclic) bond motifs is 3. The molecular weight excluding hydrogens is 288 g/mol. The number of ether oxygens (including phenoxy) is 1. The van der Waals surface area contributed by atoms with E-state index in [1.807, 2.05) is 50.2 Å². The van der Waals surface area contributed by atoms with E-state index in [2.05, 4.69) is 0 Å². The topological polar surface area (TPSA) is 43.4 Å². The van der Waals surface area contributed by atoms with Gasteiger partial charge >= 0.3 is 5.97 Å². The van der Waals surface area contributed by atoms with Crippen LogP contribution in [0.5, 0.6) is 5.75 Å². The minimum absolute atomic E-state index is 0.0621. The molecule has 2 fully saturated rings. The molecule has 3 nitrogen and oxygen atoms in total. The van der Waals surface area contributed by atoms with Crippen molar-refractivity contribution in [2.24, 2.45) is 16.7 Å². The van der Waals surface area contributed by atoms with Gasteiger partial charge in [0.05, 0.1) is 0 Å². The van der Waals surface area contributed by atoms with Gasteiger partial charge in [-0.3, -0.25) is 9.59 Å². The van der Waals surface area contributed by atoms with E-state index in [0.29, 0.717) is 24.5 Å². The molecule has 118 valence electrons. The van der Waals surface area contributed by atoms with Crippen molar-refractivity contribution in [3.05, 3.63) is 42.5 Å². The summed E-state index contributed by atoms with van der Waals surface area (Å²) in [5.74, 6) is 0.515. The van der Waals surface area contributed by atoms with Crippen molar-refractivity contribution in [3.63, 3.8) is 0 Å². The lowest BCUT2D eigenvalue weighted by molar-refractivity contribution is -0.153. The Balaban J connectivity index is 1.63. The molecule has 2 saturated carbocycles. The highest BCUT2D eigenvalue weighted by molar-refractivity contribution is 6.09. The molecule has 0 spiro atoms. The molecular formula is C20H20O3. The lowest BCUT2D eigenvalue weighted by Gasteiger charge is -2.31. The van der Waals surface area contributed by atoms with Crippen molar-refractivity contribution in [2.45, 2.75) is 33.1 Å². The van der Waals surface area contributed by atoms with Gasteiger partial charge in [-0.25, -0.2) is 0 Å². The van der Waals surface area contributed by atoms with Crippen LogP contribution in [0.3, 0.4) is 0 Å². The molecule has 0 radical (unpaired) electrons. The van der Waals surface area contributed by atoms with Gasteiger partial charge in [-0.2, -0.15) is 0 Å². The highest BCUT2D eigenvalue weighted by Crippen LogP contribution is 2.60. The molecule has 2 unspecified atom stereocenters. The summed E-state index contributed by atoms with van der Waals surface area (Å²) >= 11 is 0. The fourth-order valence-electron chi connectivity index (χ4n) is 4.38. The van der Waals surface area contributed by atoms with Crippen LogP contribution < -0.4 is 4.74 Å². The Morgan fingerprint density at radius 1 is 1.13 bits per heavy atom. The third-order valence-electron chi connectivity index (χ3n) is 5.88. The summed E-state index contributed by atoms with van der Waals surface area (Å²) in [4.78, 5) is 25.5. The summed E-state index contributed by atoms with van der Waals surface area (Å²) < 4.78 is 5.63. The van der Waals surface area contributed by atoms with Crippen molar-refractivity contribution in [1.29, 1.82) is 0 Å². The molecule has 0 N–H and O–H groups in total. The van der Waals surface area contributed by atoms with Gasteiger partial charge in [-0.05, 0) is 48.1 Å². The van der Waals surface area contributed by atoms with Crippen molar-refractivity contribution in [2.75, 3.05) is 0 Å². The monoisotopic (exact) mass is 308 g/mol. The maximum absolute atomic E-state index is 12.8. The molecule has 0 heterocycles. The predicted molar refractivity (Wildman–Crippen MR) is 88.1 cm³/mol. The smallest absolute Gasteiger partial charge is 0.325 e. The van der Waals surface area contributed by atoms with Gasteiger partial charge < -0.3 is 4.74 Å². The molecule has 0 amide bonds. The number of Topliss-reactive ketones (excluding diaryl/α,β-unsaturated/α-hetero) is 1. The minimum atomic E-state index is -0.917. The Morgan fingerprint density at radius 3 is 2.57 bits per heavy atom. The quantitative estimate of drug-likeness (QED) is 0.476. The zero-order valence-electron chi connectivity index (χ0n) is 13.5. The summed E-state index contributed by atoms with van der Waals surface area (Å²) in [6, 6.07) is 13.5. The third kappa shape index (κ3) is 1.95. The van der Waals surface area contributed by atoms with Crippen molar-refractivity contribution < 1.29 is 14.3 Å². The van der Waals surface area contributed by atoms with Gasteiger partial charge in [0.2, 0.25) is 0 Å². The number of benzene rings is 2. The number of esters is 1. The molecule has 4 rings (SSSR count). The molecule has 2 aromatic rings. The zero-order chi connectivity index (χ0) is 16.2. The summed E-state index contributed by atoms with van der Waals surface area (Å²) in [5, 5.41) is 2.13. The molecule has 2 aliphatic carbocycles. The molecule has 2 aliphatic rings. The Morgan fingerprint density at radius 2 is 1.87 bits per heavy atom. The van der Waals surface area contributed by atoms with Gasteiger partial charge in [0.25, 0.3) is 0 Å². The van der Waals surface area contributed by atoms with Crippen molar-refractivity contribution in [3.8, 4) is 5.75 Å². The molecule has 0 aliphatic heterocycles. The van der Waals surface area contributed by atoms with Gasteiger partial charge in [0, 0.05) is 5.41 Å². The van der Waals surface area contributed by atoms with Crippen LogP contribution in [0.4, 0.5) is 0 Å². The molecule has 2 bridgehead atoms. The first kappa shape index (κ1) is 14.4. The Bertz CT molecular complexity index is 821. The Labute approximate surface area is 135 Å². The second kappa shape index (κ2) is 4.67. The summed E-state index contributed by atoms with van der Waals surface area (Å²) in [5.41, 5.74) is -1.32. The lowest BCUT2D eigenvalue weighted by Crippen LogP contribution is -2.43. The number of carbonyl (C=O) groups excluding carboxylic acids is 2. The van der Waals surface area contributed by atoms with Gasteiger partial charge in [0.1, 0.15) is 11.2 Å². The predicted octanol–water partition coefficient (Wildman–Crippen LogP) is 4.14. The largest absolute Gasteiger partial charge is 0.426 e. The maximum Gasteiger partial charge on any atom is 0.325 e. The summed E-state index contributed by atoms with van der Waals surface area (Å²) in [6.07, 6.45) is 2.21. The van der Waals surface area contributed by atoms with Crippen molar-refractivity contribution in [1.82, 2.24) is 0 Å². The lowest BCUT2D eigenvalue weighted by atomic mass is 9.71. The highest BCUT2D eigenvalue weighted by atomic mass is 16.5. The number of ketones is 1. The van der Waals surface area contributed by atoms with Crippen LogP contribution in [-0.4, -0.2) is 11.8 Å². The average Bonchev–Trinajstić information content (AvgIpc) is 3.07. The van der Waals surface area contributed by atoms with Gasteiger partial charge in [0.15, 0.2) is 5.78 Å². The van der Waals surface area contributed by atoms with E-state index in [0.717, 1.165) is 17.2 Å². The molecule has 0 saturated heterocycles. The van der Waals surface area contributed by atoms with E-state index in [1.54, 1.807) is 6.07 Å². The van der Waals surface area contributed by atoms with Crippen LogP contribution in [0, 0.1) is 16.7 Å². The van der Waals surface area contributed by atoms with E-state index in [1.165, 1.54) is 0 Å². The fourth-order valence-corrected chi connectivity index (χ4v) is 4.38. The standard InChI is InChI=1S/C20H20O3/c1-19(2)15-9-10-20(12-15,17(19)21)18(22)23-16-8-7-13-5-3-4-6-14(13)11-16/h3-8,11,15H,9-10,12H2,1-2H3. The van der Waals surface area contributed by atoms with E-state index in [9.17, 15) is 9.59 Å². The summed E-state index contributed by atoms with van der Waals surface area (Å²) in [7, 11) is 0. The first-order valence-corrected chi connectivity index (χ1v) is 8.19. The SMILES string of the molecule is CC1(C)C(=O)C2(C(=O)Oc3ccc4ccccc4c3)CCC1C2. The summed E-state index contributed by atoms with van der Waals surface area (Å²) in [6.45, 7) is 3.93. The number of hydrogen-bond donors (Lipinski definition) is 0. The van der Waals surface area contributed by atoms with E-state index >= 15 is 0 Å². The molecule has 0 aromatic heterocycles. The Hall–Kier alpha value is -2.16. The van der Waals surface area contributed by atoms with E-state index in [4.69, 9.17) is 4.74 Å². The number of rotatable bonds is 2. The normalized spacial score (nSPS) is 28.3. The van der Waals surface area contributed by atoms with Gasteiger partial charge in [-0.1, -0.05) is 44.2 Å². The fraction of sp³-hybridized carbons (Fsp3) is 0.400. The van der Waals surface area contributed by atoms with Crippen LogP contribution in [0.15, 0.2) is 42.5 Å². The second-order valence-electron chi connectivity index (χ2n) is 7.47. The van der Waals surface area contributed by atoms with Crippen LogP contribution in [0.25, 0.3) is 10.8 Å². The maximum atomic E-state index is 12.8. The Kier molecular flexibility index (Phi) is 2.93. The van der Waals surface area contributed by atoms with E-state index < -0.39 is 10.8 Å². The van der Waals surface area contributed by atoms with Crippen LogP contribution >= 0.6 is 0 Å². The van der Waals surface area contributed by atoms with Crippen molar-refractivity contribution >= 4 is 22.5 Å². The highest BCUT2D eigenvalue weighted by Gasteiger charge is 2.66. The number of hydrogen-bond acceptors (Lipinski definition) is 3. The average molecular weight is 308 g/mol. The van der Waals surface area contributed by atoms with Gasteiger partial charge in [-0.15, -0.1) is 0 Å². The molecule has 2 atom stereocenters. The van der Waals surface area contributed by atoms with Crippen LogP contribution in [-0.2, 0) is 9.59 Å². The van der Waals surface area contributed by atoms with E-state index in [-0.39, 0.29) is 11.8 Å². The molecule has 3 heteroatoms. The molecule has 2 aromatic carbocycles. The molecule has 23 heavy (non-hydrogen) atoms. The van der Waals surface area contributed by atoms with Crippen LogP contribution in [0.2, 0.25) is 0 Å². The number of carbonyl (C=O) groups is 2. The second-order valence-corrected chi connectivity index (χ2v) is 7.47.